The van der Waals surface area contributed by atoms with E-state index in [0.717, 1.165) is 6.07 Å². The first-order chi connectivity index (χ1) is 8.27. The molecule has 0 radical (unpaired) electrons. The number of hydrogen-bond acceptors (Lipinski definition) is 5. The van der Waals surface area contributed by atoms with E-state index in [1.54, 1.807) is 0 Å². The van der Waals surface area contributed by atoms with E-state index >= 15 is 0 Å². The van der Waals surface area contributed by atoms with Gasteiger partial charge in [0, 0.05) is 11.1 Å². The predicted molar refractivity (Wildman–Crippen MR) is 65.7 cm³/mol. The smallest absolute Gasteiger partial charge is 0.276 e. The van der Waals surface area contributed by atoms with E-state index in [1.165, 1.54) is 25.1 Å². The molecule has 0 aromatic heterocycles. The van der Waals surface area contributed by atoms with Crippen molar-refractivity contribution in [3.63, 3.8) is 0 Å². The van der Waals surface area contributed by atoms with Gasteiger partial charge in [-0.1, -0.05) is 11.6 Å². The Bertz CT molecular complexity index is 623. The van der Waals surface area contributed by atoms with Crippen LogP contribution in [0.1, 0.15) is 6.92 Å². The lowest BCUT2D eigenvalue weighted by atomic mass is 10.3. The minimum absolute atomic E-state index is 0.109. The molecule has 1 aromatic carbocycles. The second kappa shape index (κ2) is 5.20. The van der Waals surface area contributed by atoms with Gasteiger partial charge in [0.1, 0.15) is 5.69 Å². The fraction of sp³-hybridized carbons (Fsp3) is 0.222. The van der Waals surface area contributed by atoms with Crippen molar-refractivity contribution >= 4 is 33.0 Å². The molecule has 1 atom stereocenters. The Morgan fingerprint density at radius 1 is 1.56 bits per heavy atom. The average Bonchev–Trinajstić information content (AvgIpc) is 2.29. The number of halogens is 1. The largest absolute Gasteiger partial charge is 0.294 e. The summed E-state index contributed by atoms with van der Waals surface area (Å²) in [5.41, 5.74) is -0.706. The van der Waals surface area contributed by atoms with Crippen LogP contribution in [-0.4, -0.2) is 18.6 Å². The van der Waals surface area contributed by atoms with E-state index in [2.05, 4.69) is 0 Å². The van der Waals surface area contributed by atoms with Gasteiger partial charge in [0.15, 0.2) is 5.25 Å². The molecular weight excluding hydrogens is 282 g/mol. The molecule has 7 nitrogen and oxygen atoms in total. The van der Waals surface area contributed by atoms with Crippen molar-refractivity contribution in [2.75, 3.05) is 4.72 Å². The van der Waals surface area contributed by atoms with Gasteiger partial charge in [-0.2, -0.15) is 5.26 Å². The van der Waals surface area contributed by atoms with Crippen molar-refractivity contribution in [3.05, 3.63) is 33.3 Å². The summed E-state index contributed by atoms with van der Waals surface area (Å²) in [6, 6.07) is 5.04. The Labute approximate surface area is 108 Å². The highest BCUT2D eigenvalue weighted by molar-refractivity contribution is 7.93. The highest BCUT2D eigenvalue weighted by Gasteiger charge is 2.24. The summed E-state index contributed by atoms with van der Waals surface area (Å²) in [6.45, 7) is 1.17. The topological polar surface area (TPSA) is 113 Å². The first-order valence-electron chi connectivity index (χ1n) is 4.63. The Kier molecular flexibility index (Phi) is 4.11. The molecule has 0 saturated carbocycles. The quantitative estimate of drug-likeness (QED) is 0.671. The van der Waals surface area contributed by atoms with E-state index in [-0.39, 0.29) is 10.7 Å². The van der Waals surface area contributed by atoms with Crippen LogP contribution in [0.4, 0.5) is 11.4 Å². The number of nitro groups is 1. The number of benzene rings is 1. The van der Waals surface area contributed by atoms with Crippen LogP contribution in [-0.2, 0) is 10.0 Å². The summed E-state index contributed by atoms with van der Waals surface area (Å²) in [5.74, 6) is 0. The normalized spacial score (nSPS) is 12.5. The second-order valence-electron chi connectivity index (χ2n) is 3.34. The average molecular weight is 290 g/mol. The first kappa shape index (κ1) is 14.2. The van der Waals surface area contributed by atoms with Crippen LogP contribution < -0.4 is 4.72 Å². The Hall–Kier alpha value is -1.85. The Balaban J connectivity index is 3.21. The number of nitrogens with zero attached hydrogens (tertiary/aromatic N) is 2. The monoisotopic (exact) mass is 289 g/mol. The summed E-state index contributed by atoms with van der Waals surface area (Å²) < 4.78 is 25.2. The number of anilines is 1. The molecule has 0 aliphatic heterocycles. The Morgan fingerprint density at radius 2 is 2.17 bits per heavy atom. The second-order valence-corrected chi connectivity index (χ2v) is 5.77. The van der Waals surface area contributed by atoms with Gasteiger partial charge in [-0.25, -0.2) is 8.42 Å². The summed E-state index contributed by atoms with van der Waals surface area (Å²) in [5, 5.41) is 18.1. The van der Waals surface area contributed by atoms with Crippen LogP contribution in [0, 0.1) is 21.4 Å². The van der Waals surface area contributed by atoms with Gasteiger partial charge in [0.25, 0.3) is 5.69 Å². The molecule has 0 saturated heterocycles. The highest BCUT2D eigenvalue weighted by atomic mass is 35.5. The van der Waals surface area contributed by atoms with Crippen LogP contribution in [0.2, 0.25) is 5.02 Å². The van der Waals surface area contributed by atoms with E-state index in [1.807, 2.05) is 4.72 Å². The van der Waals surface area contributed by atoms with Crippen molar-refractivity contribution in [2.24, 2.45) is 0 Å². The maximum atomic E-state index is 11.6. The van der Waals surface area contributed by atoms with Crippen LogP contribution in [0.3, 0.4) is 0 Å². The first-order valence-corrected chi connectivity index (χ1v) is 6.55. The van der Waals surface area contributed by atoms with Crippen LogP contribution in [0.25, 0.3) is 0 Å². The number of sulfonamides is 1. The molecule has 1 aromatic rings. The third kappa shape index (κ3) is 3.09. The van der Waals surface area contributed by atoms with Crippen molar-refractivity contribution in [1.29, 1.82) is 5.26 Å². The van der Waals surface area contributed by atoms with E-state index < -0.39 is 25.9 Å². The van der Waals surface area contributed by atoms with Gasteiger partial charge in [-0.15, -0.1) is 0 Å². The van der Waals surface area contributed by atoms with Crippen molar-refractivity contribution in [2.45, 2.75) is 12.2 Å². The molecule has 0 aliphatic rings. The van der Waals surface area contributed by atoms with Gasteiger partial charge in [-0.05, 0) is 19.1 Å². The van der Waals surface area contributed by atoms with Gasteiger partial charge in [0.05, 0.1) is 11.0 Å². The zero-order chi connectivity index (χ0) is 13.9. The molecule has 0 fully saturated rings. The lowest BCUT2D eigenvalue weighted by Crippen LogP contribution is -2.24. The predicted octanol–water partition coefficient (Wildman–Crippen LogP) is 1.90. The maximum Gasteiger partial charge on any atom is 0.294 e. The lowest BCUT2D eigenvalue weighted by molar-refractivity contribution is -0.383. The van der Waals surface area contributed by atoms with Crippen LogP contribution in [0.5, 0.6) is 0 Å². The molecule has 96 valence electrons. The minimum atomic E-state index is -3.99. The summed E-state index contributed by atoms with van der Waals surface area (Å²) in [6.07, 6.45) is 0. The van der Waals surface area contributed by atoms with Crippen LogP contribution in [0.15, 0.2) is 18.2 Å². The molecule has 0 spiro atoms. The molecule has 9 heteroatoms. The van der Waals surface area contributed by atoms with Crippen molar-refractivity contribution in [1.82, 2.24) is 0 Å². The molecule has 0 aliphatic carbocycles. The van der Waals surface area contributed by atoms with Gasteiger partial charge in [0.2, 0.25) is 10.0 Å². The minimum Gasteiger partial charge on any atom is -0.276 e. The lowest BCUT2D eigenvalue weighted by Gasteiger charge is -2.09. The fourth-order valence-corrected chi connectivity index (χ4v) is 2.01. The Morgan fingerprint density at radius 3 is 2.67 bits per heavy atom. The SMILES string of the molecule is CC(C#N)S(=O)(=O)Nc1ccc(Cl)cc1[N+](=O)[O-]. The van der Waals surface area contributed by atoms with E-state index in [4.69, 9.17) is 16.9 Å². The number of nitriles is 1. The van der Waals surface area contributed by atoms with Gasteiger partial charge in [-0.3, -0.25) is 14.8 Å². The van der Waals surface area contributed by atoms with E-state index in [9.17, 15) is 18.5 Å². The van der Waals surface area contributed by atoms with Gasteiger partial charge >= 0.3 is 0 Å². The highest BCUT2D eigenvalue weighted by Crippen LogP contribution is 2.28. The van der Waals surface area contributed by atoms with Crippen molar-refractivity contribution < 1.29 is 13.3 Å². The molecular formula is C9H8ClN3O4S. The third-order valence-electron chi connectivity index (χ3n) is 2.06. The summed E-state index contributed by atoms with van der Waals surface area (Å²) >= 11 is 5.59. The molecule has 0 amide bonds. The number of rotatable bonds is 4. The molecule has 1 unspecified atom stereocenters. The standard InChI is InChI=1S/C9H8ClN3O4S/c1-6(5-11)18(16,17)12-8-3-2-7(10)4-9(8)13(14)15/h2-4,6,12H,1H3. The number of nitro benzene ring substituents is 1. The van der Waals surface area contributed by atoms with E-state index in [0.29, 0.717) is 0 Å². The van der Waals surface area contributed by atoms with Crippen molar-refractivity contribution in [3.8, 4) is 6.07 Å². The molecule has 18 heavy (non-hydrogen) atoms. The summed E-state index contributed by atoms with van der Waals surface area (Å²) in [7, 11) is -3.99. The number of nitrogens with one attached hydrogen (secondary N) is 1. The fourth-order valence-electron chi connectivity index (χ4n) is 1.05. The number of hydrogen-bond donors (Lipinski definition) is 1. The zero-order valence-corrected chi connectivity index (χ0v) is 10.7. The maximum absolute atomic E-state index is 11.6. The van der Waals surface area contributed by atoms with Gasteiger partial charge < -0.3 is 0 Å². The third-order valence-corrected chi connectivity index (χ3v) is 3.83. The molecule has 0 bridgehead atoms. The molecule has 1 rings (SSSR count). The molecule has 0 heterocycles. The molecule has 1 N–H and O–H groups in total. The summed E-state index contributed by atoms with van der Waals surface area (Å²) in [4.78, 5) is 9.98. The zero-order valence-electron chi connectivity index (χ0n) is 9.12. The van der Waals surface area contributed by atoms with Crippen LogP contribution >= 0.6 is 11.6 Å².